The Morgan fingerprint density at radius 2 is 1.95 bits per heavy atom. The van der Waals surface area contributed by atoms with E-state index in [1.54, 1.807) is 6.92 Å². The van der Waals surface area contributed by atoms with Crippen LogP contribution in [0.1, 0.15) is 57.6 Å². The van der Waals surface area contributed by atoms with Crippen molar-refractivity contribution in [2.45, 2.75) is 58.0 Å². The van der Waals surface area contributed by atoms with Crippen LogP contribution in [0.15, 0.2) is 28.4 Å². The van der Waals surface area contributed by atoms with Gasteiger partial charge in [-0.3, -0.25) is 24.5 Å². The van der Waals surface area contributed by atoms with Gasteiger partial charge in [0, 0.05) is 11.8 Å². The number of amides is 2. The quantitative estimate of drug-likeness (QED) is 0.175. The van der Waals surface area contributed by atoms with Crippen LogP contribution in [0, 0.1) is 34.9 Å². The minimum Gasteiger partial charge on any atom is -0.411 e. The third-order valence-corrected chi connectivity index (χ3v) is 6.95. The fourth-order valence-corrected chi connectivity index (χ4v) is 4.66. The number of oxime groups is 1. The van der Waals surface area contributed by atoms with E-state index in [2.05, 4.69) is 25.9 Å². The van der Waals surface area contributed by atoms with Gasteiger partial charge in [-0.15, -0.1) is 5.10 Å². The zero-order valence-corrected chi connectivity index (χ0v) is 20.4. The third-order valence-electron chi connectivity index (χ3n) is 6.95. The molecule has 5 N–H and O–H groups in total. The van der Waals surface area contributed by atoms with Crippen molar-refractivity contribution < 1.29 is 23.6 Å². The molecule has 0 aliphatic heterocycles. The van der Waals surface area contributed by atoms with Crippen LogP contribution in [0.25, 0.3) is 0 Å². The minimum atomic E-state index is -1.05. The number of nitrogens with one attached hydrogen (secondary N) is 4. The smallest absolute Gasteiger partial charge is 0.271 e. The highest BCUT2D eigenvalue weighted by atomic mass is 19.1. The third kappa shape index (κ3) is 5.75. The molecule has 2 fully saturated rings. The molecule has 0 unspecified atom stereocenters. The standard InChI is InChI=1S/C24H29F2N7O4/c1-3-16(32-37)19(27)23(35)30-20(18(12-4-5-12)13-6-7-13)24(36)29-17-10-33(31-21(17)26)11(2)15-8-14(25)9-28-22(15)34/h8-13,18,20,27,37H,3-7H2,1-2H3,(H,28,34)(H,29,36)(H,30,35)/b27-19?,32-16-/t11-,20-/m0/s1. The highest BCUT2D eigenvalue weighted by Crippen LogP contribution is 2.50. The molecule has 2 saturated carbocycles. The number of halogens is 2. The molecule has 0 bridgehead atoms. The summed E-state index contributed by atoms with van der Waals surface area (Å²) in [7, 11) is 0. The van der Waals surface area contributed by atoms with E-state index in [1.165, 1.54) is 13.1 Å². The van der Waals surface area contributed by atoms with Gasteiger partial charge in [0.1, 0.15) is 29.0 Å². The fraction of sp³-hybridized carbons (Fsp3) is 0.500. The van der Waals surface area contributed by atoms with E-state index in [0.717, 1.165) is 42.6 Å². The van der Waals surface area contributed by atoms with E-state index < -0.39 is 46.9 Å². The van der Waals surface area contributed by atoms with E-state index in [9.17, 15) is 23.2 Å². The second-order valence-electron chi connectivity index (χ2n) is 9.56. The van der Waals surface area contributed by atoms with Crippen molar-refractivity contribution in [1.82, 2.24) is 20.1 Å². The van der Waals surface area contributed by atoms with Gasteiger partial charge >= 0.3 is 0 Å². The van der Waals surface area contributed by atoms with Crippen molar-refractivity contribution in [1.29, 1.82) is 5.41 Å². The summed E-state index contributed by atoms with van der Waals surface area (Å²) in [6, 6.07) is -0.861. The largest absolute Gasteiger partial charge is 0.411 e. The maximum Gasteiger partial charge on any atom is 0.271 e. The molecule has 0 spiro atoms. The number of nitrogens with zero attached hydrogens (tertiary/aromatic N) is 3. The van der Waals surface area contributed by atoms with E-state index >= 15 is 0 Å². The van der Waals surface area contributed by atoms with E-state index in [1.807, 2.05) is 0 Å². The normalized spacial score (nSPS) is 17.4. The van der Waals surface area contributed by atoms with Crippen molar-refractivity contribution in [3.63, 3.8) is 0 Å². The number of aromatic amines is 1. The average Bonchev–Trinajstić information content (AvgIpc) is 3.81. The predicted octanol–water partition coefficient (Wildman–Crippen LogP) is 2.58. The van der Waals surface area contributed by atoms with Crippen molar-refractivity contribution in [3.8, 4) is 0 Å². The first kappa shape index (κ1) is 26.2. The summed E-state index contributed by atoms with van der Waals surface area (Å²) in [5, 5.41) is 28.9. The number of carbonyl (C=O) groups is 2. The molecule has 2 aromatic heterocycles. The molecule has 0 radical (unpaired) electrons. The van der Waals surface area contributed by atoms with Gasteiger partial charge in [-0.25, -0.2) is 4.39 Å². The predicted molar refractivity (Wildman–Crippen MR) is 130 cm³/mol. The molecular formula is C24H29F2N7O4. The summed E-state index contributed by atoms with van der Waals surface area (Å²) in [6.45, 7) is 3.15. The van der Waals surface area contributed by atoms with Crippen molar-refractivity contribution in [2.75, 3.05) is 5.32 Å². The Hall–Kier alpha value is -3.90. The van der Waals surface area contributed by atoms with Crippen molar-refractivity contribution >= 4 is 28.9 Å². The second kappa shape index (κ2) is 10.6. The molecule has 198 valence electrons. The summed E-state index contributed by atoms with van der Waals surface area (Å²) < 4.78 is 29.5. The maximum absolute atomic E-state index is 14.7. The summed E-state index contributed by atoms with van der Waals surface area (Å²) in [5.74, 6) is -2.95. The Balaban J connectivity index is 1.57. The molecule has 0 aromatic carbocycles. The fourth-order valence-electron chi connectivity index (χ4n) is 4.66. The van der Waals surface area contributed by atoms with Gasteiger partial charge in [0.2, 0.25) is 5.91 Å². The number of carbonyl (C=O) groups excluding carboxylic acids is 2. The van der Waals surface area contributed by atoms with Crippen LogP contribution in [0.5, 0.6) is 0 Å². The SMILES string of the molecule is CC/C(=N/O)C(=N)C(=O)N[C@H](C(=O)Nc1cn([C@@H](C)c2cc(F)c[nH]c2=O)nc1F)C(C1CC1)C1CC1. The van der Waals surface area contributed by atoms with Crippen LogP contribution >= 0.6 is 0 Å². The Morgan fingerprint density at radius 1 is 1.30 bits per heavy atom. The van der Waals surface area contributed by atoms with Gasteiger partial charge in [0.25, 0.3) is 17.4 Å². The number of hydrogen-bond donors (Lipinski definition) is 5. The molecule has 2 aromatic rings. The van der Waals surface area contributed by atoms with Gasteiger partial charge in [-0.2, -0.15) is 4.39 Å². The van der Waals surface area contributed by atoms with E-state index in [4.69, 9.17) is 10.6 Å². The number of H-pyrrole nitrogens is 1. The lowest BCUT2D eigenvalue weighted by Gasteiger charge is -2.27. The van der Waals surface area contributed by atoms with Crippen LogP contribution in [0.3, 0.4) is 0 Å². The van der Waals surface area contributed by atoms with Gasteiger partial charge in [-0.1, -0.05) is 12.1 Å². The number of pyridine rings is 1. The van der Waals surface area contributed by atoms with Crippen LogP contribution in [0.4, 0.5) is 14.5 Å². The number of anilines is 1. The zero-order chi connectivity index (χ0) is 26.9. The van der Waals surface area contributed by atoms with Gasteiger partial charge in [0.05, 0.1) is 12.2 Å². The van der Waals surface area contributed by atoms with Crippen molar-refractivity contribution in [2.24, 2.45) is 22.9 Å². The van der Waals surface area contributed by atoms with Gasteiger partial charge in [-0.05, 0) is 62.8 Å². The molecular weight excluding hydrogens is 488 g/mol. The Kier molecular flexibility index (Phi) is 7.50. The first-order valence-electron chi connectivity index (χ1n) is 12.2. The lowest BCUT2D eigenvalue weighted by atomic mass is 9.88. The molecule has 2 aliphatic carbocycles. The van der Waals surface area contributed by atoms with Crippen molar-refractivity contribution in [3.05, 3.63) is 46.1 Å². The molecule has 2 amide bonds. The Bertz CT molecular complexity index is 1280. The molecule has 13 heteroatoms. The molecule has 2 aliphatic rings. The lowest BCUT2D eigenvalue weighted by Crippen LogP contribution is -2.52. The highest BCUT2D eigenvalue weighted by molar-refractivity contribution is 6.65. The molecule has 37 heavy (non-hydrogen) atoms. The molecule has 2 atom stereocenters. The van der Waals surface area contributed by atoms with Crippen LogP contribution in [-0.4, -0.2) is 49.3 Å². The Labute approximate surface area is 210 Å². The van der Waals surface area contributed by atoms with Gasteiger partial charge in [0.15, 0.2) is 0 Å². The zero-order valence-electron chi connectivity index (χ0n) is 20.4. The maximum atomic E-state index is 14.7. The lowest BCUT2D eigenvalue weighted by molar-refractivity contribution is -0.124. The number of hydrogen-bond acceptors (Lipinski definition) is 7. The van der Waals surface area contributed by atoms with Crippen LogP contribution in [-0.2, 0) is 9.59 Å². The molecule has 4 rings (SSSR count). The monoisotopic (exact) mass is 517 g/mol. The first-order valence-corrected chi connectivity index (χ1v) is 12.2. The average molecular weight is 518 g/mol. The van der Waals surface area contributed by atoms with Crippen LogP contribution in [0.2, 0.25) is 0 Å². The summed E-state index contributed by atoms with van der Waals surface area (Å²) in [5.41, 5.74) is -1.49. The summed E-state index contributed by atoms with van der Waals surface area (Å²) in [6.07, 6.45) is 5.87. The summed E-state index contributed by atoms with van der Waals surface area (Å²) >= 11 is 0. The minimum absolute atomic E-state index is 0.0174. The number of rotatable bonds is 11. The molecule has 11 nitrogen and oxygen atoms in total. The van der Waals surface area contributed by atoms with Crippen LogP contribution < -0.4 is 16.2 Å². The molecule has 0 saturated heterocycles. The van der Waals surface area contributed by atoms with E-state index in [0.29, 0.717) is 0 Å². The van der Waals surface area contributed by atoms with Gasteiger partial charge < -0.3 is 20.8 Å². The Morgan fingerprint density at radius 3 is 2.51 bits per heavy atom. The second-order valence-corrected chi connectivity index (χ2v) is 9.56. The topological polar surface area (TPSA) is 165 Å². The number of aromatic nitrogens is 3. The summed E-state index contributed by atoms with van der Waals surface area (Å²) in [4.78, 5) is 40.5. The van der Waals surface area contributed by atoms with E-state index in [-0.39, 0.29) is 41.1 Å². The first-order chi connectivity index (χ1) is 17.6. The molecule has 2 heterocycles. The highest BCUT2D eigenvalue weighted by Gasteiger charge is 2.48.